The van der Waals surface area contributed by atoms with Gasteiger partial charge in [0.15, 0.2) is 5.76 Å². The summed E-state index contributed by atoms with van der Waals surface area (Å²) in [5.41, 5.74) is 0. The van der Waals surface area contributed by atoms with Gasteiger partial charge in [-0.2, -0.15) is 0 Å². The molecule has 3 atom stereocenters. The van der Waals surface area contributed by atoms with Crippen LogP contribution in [0.15, 0.2) is 16.6 Å². The third kappa shape index (κ3) is 5.62. The van der Waals surface area contributed by atoms with E-state index in [0.29, 0.717) is 18.1 Å². The number of halogens is 2. The van der Waals surface area contributed by atoms with Crippen molar-refractivity contribution in [2.45, 2.75) is 44.6 Å². The molecule has 1 aliphatic heterocycles. The summed E-state index contributed by atoms with van der Waals surface area (Å²) in [7, 11) is 3.79. The largest absolute Gasteiger partial charge is 1.00 e. The minimum atomic E-state index is -0.559. The molecule has 0 amide bonds. The van der Waals surface area contributed by atoms with Gasteiger partial charge in [-0.15, -0.1) is 11.6 Å². The van der Waals surface area contributed by atoms with Crippen LogP contribution < -0.4 is 21.9 Å². The van der Waals surface area contributed by atoms with Crippen LogP contribution in [0.4, 0.5) is 0 Å². The van der Waals surface area contributed by atoms with Gasteiger partial charge in [0.1, 0.15) is 11.0 Å². The fraction of sp³-hybridized carbons (Fsp3) is 0.786. The summed E-state index contributed by atoms with van der Waals surface area (Å²) in [6.45, 7) is 8.35. The number of rotatable bonds is 7. The smallest absolute Gasteiger partial charge is 0.254 e. The van der Waals surface area contributed by atoms with Crippen LogP contribution in [0, 0.1) is 0 Å². The number of hydrogen-bond acceptors (Lipinski definition) is 3. The molecule has 0 aromatic carbocycles. The topological polar surface area (TPSA) is 35.3 Å². The molecule has 0 fully saturated rings. The zero-order chi connectivity index (χ0) is 14.5. The third-order valence-corrected chi connectivity index (χ3v) is 3.77. The maximum atomic E-state index is 6.41. The number of aliphatic imine (C=N–C) groups is 1. The van der Waals surface area contributed by atoms with Crippen molar-refractivity contribution in [2.24, 2.45) is 4.99 Å². The van der Waals surface area contributed by atoms with E-state index < -0.39 is 4.87 Å². The zero-order valence-corrected chi connectivity index (χ0v) is 15.3. The molecule has 3 unspecified atom stereocenters. The van der Waals surface area contributed by atoms with E-state index in [-0.39, 0.29) is 23.1 Å². The van der Waals surface area contributed by atoms with Crippen molar-refractivity contribution in [3.05, 3.63) is 11.6 Å². The van der Waals surface area contributed by atoms with Gasteiger partial charge in [0.2, 0.25) is 0 Å². The summed E-state index contributed by atoms with van der Waals surface area (Å²) >= 11 is 6.41. The second kappa shape index (κ2) is 8.90. The molecular formula is C14H26BrClN2O2. The van der Waals surface area contributed by atoms with E-state index in [9.17, 15) is 0 Å². The number of hydrogen-bond donors (Lipinski definition) is 1. The number of allylic oxidation sites excluding steroid dienone is 1. The van der Waals surface area contributed by atoms with E-state index in [4.69, 9.17) is 21.1 Å². The first-order valence-corrected chi connectivity index (χ1v) is 7.26. The lowest BCUT2D eigenvalue weighted by Crippen LogP contribution is -3.08. The van der Waals surface area contributed by atoms with Crippen molar-refractivity contribution in [3.8, 4) is 0 Å². The molecule has 0 aliphatic carbocycles. The molecule has 1 rings (SSSR count). The second-order valence-corrected chi connectivity index (χ2v) is 6.16. The minimum Gasteiger partial charge on any atom is -1.00 e. The Kier molecular flexibility index (Phi) is 8.79. The number of nitrogens with one attached hydrogen (secondary N) is 1. The number of quaternary nitrogens is 1. The van der Waals surface area contributed by atoms with Gasteiger partial charge in [-0.05, 0) is 20.8 Å². The van der Waals surface area contributed by atoms with E-state index in [2.05, 4.69) is 25.9 Å². The lowest BCUT2D eigenvalue weighted by atomic mass is 10.0. The van der Waals surface area contributed by atoms with Crippen LogP contribution in [0.25, 0.3) is 0 Å². The predicted octanol–water partition coefficient (Wildman–Crippen LogP) is -1.39. The Balaban J connectivity index is 0.00000361. The van der Waals surface area contributed by atoms with Gasteiger partial charge in [0.05, 0.1) is 27.2 Å². The van der Waals surface area contributed by atoms with Crippen molar-refractivity contribution in [1.29, 1.82) is 0 Å². The Bertz CT molecular complexity index is 359. The van der Waals surface area contributed by atoms with Crippen LogP contribution in [0.1, 0.15) is 33.6 Å². The lowest BCUT2D eigenvalue weighted by molar-refractivity contribution is -0.878. The van der Waals surface area contributed by atoms with Crippen LogP contribution in [-0.4, -0.2) is 44.4 Å². The highest BCUT2D eigenvalue weighted by Gasteiger charge is 2.34. The van der Waals surface area contributed by atoms with Crippen LogP contribution in [-0.2, 0) is 9.47 Å². The summed E-state index contributed by atoms with van der Waals surface area (Å²) < 4.78 is 11.3. The summed E-state index contributed by atoms with van der Waals surface area (Å²) in [4.78, 5) is 5.21. The SMILES string of the molecule is CC[NH+](C)CCC(C)OC1=C(OC)C(C)(Cl)CC=N1.[Br-]. The number of nitrogens with zero attached hydrogens (tertiary/aromatic N) is 1. The fourth-order valence-electron chi connectivity index (χ4n) is 1.93. The normalized spacial score (nSPS) is 24.9. The molecule has 4 nitrogen and oxygen atoms in total. The standard InChI is InChI=1S/C14H25ClN2O2.BrH/c1-6-17(4)10-7-11(2)19-13-12(18-5)14(3,15)8-9-16-13;/h9,11H,6-8,10H2,1-5H3;1H. The van der Waals surface area contributed by atoms with Crippen LogP contribution in [0.5, 0.6) is 0 Å². The van der Waals surface area contributed by atoms with E-state index >= 15 is 0 Å². The summed E-state index contributed by atoms with van der Waals surface area (Å²) in [6, 6.07) is 0. The van der Waals surface area contributed by atoms with Gasteiger partial charge in [0, 0.05) is 19.1 Å². The molecule has 20 heavy (non-hydrogen) atoms. The van der Waals surface area contributed by atoms with E-state index in [1.54, 1.807) is 13.3 Å². The minimum absolute atomic E-state index is 0. The number of methoxy groups -OCH3 is 1. The van der Waals surface area contributed by atoms with Crippen LogP contribution in [0.2, 0.25) is 0 Å². The molecule has 0 aromatic heterocycles. The van der Waals surface area contributed by atoms with Gasteiger partial charge in [-0.3, -0.25) is 0 Å². The van der Waals surface area contributed by atoms with Gasteiger partial charge in [-0.1, -0.05) is 0 Å². The van der Waals surface area contributed by atoms with E-state index in [1.807, 2.05) is 6.92 Å². The van der Waals surface area contributed by atoms with Crippen molar-refractivity contribution in [2.75, 3.05) is 27.2 Å². The van der Waals surface area contributed by atoms with Crippen molar-refractivity contribution >= 4 is 17.8 Å². The van der Waals surface area contributed by atoms with E-state index in [0.717, 1.165) is 19.5 Å². The molecule has 1 heterocycles. The highest BCUT2D eigenvalue weighted by atomic mass is 79.9. The van der Waals surface area contributed by atoms with Crippen molar-refractivity contribution in [1.82, 2.24) is 0 Å². The Morgan fingerprint density at radius 3 is 2.75 bits per heavy atom. The first-order valence-electron chi connectivity index (χ1n) is 6.88. The van der Waals surface area contributed by atoms with Crippen LogP contribution in [0.3, 0.4) is 0 Å². The molecule has 0 radical (unpaired) electrons. The Morgan fingerprint density at radius 1 is 1.55 bits per heavy atom. The summed E-state index contributed by atoms with van der Waals surface area (Å²) in [6.07, 6.45) is 3.53. The predicted molar refractivity (Wildman–Crippen MR) is 78.9 cm³/mol. The van der Waals surface area contributed by atoms with Crippen LogP contribution >= 0.6 is 11.6 Å². The zero-order valence-electron chi connectivity index (χ0n) is 13.0. The molecule has 0 spiro atoms. The van der Waals surface area contributed by atoms with Crippen molar-refractivity contribution < 1.29 is 31.4 Å². The number of ether oxygens (including phenoxy) is 2. The lowest BCUT2D eigenvalue weighted by Gasteiger charge is -2.28. The summed E-state index contributed by atoms with van der Waals surface area (Å²) in [5, 5.41) is 0. The Morgan fingerprint density at radius 2 is 2.20 bits per heavy atom. The van der Waals surface area contributed by atoms with E-state index in [1.165, 1.54) is 4.90 Å². The maximum absolute atomic E-state index is 6.41. The molecule has 1 aliphatic rings. The first kappa shape index (κ1) is 19.7. The van der Waals surface area contributed by atoms with Gasteiger partial charge < -0.3 is 31.4 Å². The molecule has 6 heteroatoms. The highest BCUT2D eigenvalue weighted by molar-refractivity contribution is 6.26. The molecule has 1 N–H and O–H groups in total. The quantitative estimate of drug-likeness (QED) is 0.561. The Hall–Kier alpha value is -0.260. The fourth-order valence-corrected chi connectivity index (χ4v) is 2.16. The Labute approximate surface area is 137 Å². The van der Waals surface area contributed by atoms with Crippen molar-refractivity contribution in [3.63, 3.8) is 0 Å². The first-order chi connectivity index (χ1) is 8.90. The second-order valence-electron chi connectivity index (χ2n) is 5.33. The average Bonchev–Trinajstić information content (AvgIpc) is 2.35. The molecule has 0 bridgehead atoms. The maximum Gasteiger partial charge on any atom is 0.254 e. The molecule has 0 saturated heterocycles. The van der Waals surface area contributed by atoms with Gasteiger partial charge in [-0.25, -0.2) is 4.99 Å². The highest BCUT2D eigenvalue weighted by Crippen LogP contribution is 2.34. The van der Waals surface area contributed by atoms with Gasteiger partial charge in [0.25, 0.3) is 5.88 Å². The monoisotopic (exact) mass is 368 g/mol. The molecule has 118 valence electrons. The third-order valence-electron chi connectivity index (χ3n) is 3.45. The molecule has 0 aromatic rings. The molecule has 0 saturated carbocycles. The summed E-state index contributed by atoms with van der Waals surface area (Å²) in [5.74, 6) is 1.15. The molecular weight excluding hydrogens is 344 g/mol. The van der Waals surface area contributed by atoms with Gasteiger partial charge >= 0.3 is 0 Å². The number of alkyl halides is 1. The average molecular weight is 370 g/mol.